The molecule has 1 aliphatic rings. The first-order valence-corrected chi connectivity index (χ1v) is 12.5. The zero-order valence-corrected chi connectivity index (χ0v) is 21.7. The molecule has 0 radical (unpaired) electrons. The molecule has 3 N–H and O–H groups in total. The van der Waals surface area contributed by atoms with Crippen molar-refractivity contribution >= 4 is 34.6 Å². The number of urea groups is 1. The summed E-state index contributed by atoms with van der Waals surface area (Å²) in [6, 6.07) is 14.9. The molecule has 0 atom stereocenters. The fourth-order valence-electron chi connectivity index (χ4n) is 4.49. The Kier molecular flexibility index (Phi) is 6.62. The number of nitrogens with one attached hydrogen (secondary N) is 1. The highest BCUT2D eigenvalue weighted by molar-refractivity contribution is 5.99. The van der Waals surface area contributed by atoms with E-state index in [1.165, 1.54) is 11.9 Å². The maximum Gasteiger partial charge on any atom is 0.321 e. The summed E-state index contributed by atoms with van der Waals surface area (Å²) >= 11 is 0. The Hall–Kier alpha value is -4.60. The summed E-state index contributed by atoms with van der Waals surface area (Å²) in [4.78, 5) is 46.7. The number of benzene rings is 2. The van der Waals surface area contributed by atoms with E-state index in [2.05, 4.69) is 45.9 Å². The average molecular weight is 511 g/mol. The fraction of sp³-hybridized carbons (Fsp3) is 0.286. The molecule has 1 saturated heterocycles. The number of nitrogens with zero attached hydrogens (tertiary/aromatic N) is 6. The summed E-state index contributed by atoms with van der Waals surface area (Å²) < 4.78 is 0. The van der Waals surface area contributed by atoms with Crippen molar-refractivity contribution in [3.8, 4) is 11.3 Å². The zero-order valence-electron chi connectivity index (χ0n) is 21.7. The fourth-order valence-corrected chi connectivity index (χ4v) is 4.49. The van der Waals surface area contributed by atoms with E-state index in [0.29, 0.717) is 60.0 Å². The molecule has 3 heterocycles. The first-order chi connectivity index (χ1) is 18.2. The van der Waals surface area contributed by atoms with Gasteiger partial charge < -0.3 is 20.9 Å². The summed E-state index contributed by atoms with van der Waals surface area (Å²) in [6.07, 6.45) is 3.04. The number of rotatable bonds is 4. The van der Waals surface area contributed by atoms with Crippen LogP contribution < -0.4 is 16.0 Å². The standard InChI is InChI=1S/C28H30N8O2/c1-28(2,3)18-8-10-19(11-9-18)33-27(38)36-14-12-35(13-15-36)26-23-25(31-17-32-26)30-16-22(34-23)20-6-4-5-7-21(20)24(29)37/h4-11,16-17H,12-15H2,1-3H3,(H2,29,37)(H,33,38). The van der Waals surface area contributed by atoms with E-state index in [4.69, 9.17) is 10.7 Å². The maximum atomic E-state index is 12.9. The summed E-state index contributed by atoms with van der Waals surface area (Å²) in [5, 5.41) is 3.00. The molecule has 2 aromatic heterocycles. The molecule has 3 amide bonds. The van der Waals surface area contributed by atoms with Gasteiger partial charge in [0.1, 0.15) is 6.33 Å². The molecule has 2 aromatic carbocycles. The van der Waals surface area contributed by atoms with Crippen LogP contribution >= 0.6 is 0 Å². The Labute approximate surface area is 220 Å². The van der Waals surface area contributed by atoms with Gasteiger partial charge in [-0.15, -0.1) is 0 Å². The van der Waals surface area contributed by atoms with Gasteiger partial charge in [-0.1, -0.05) is 51.1 Å². The molecular formula is C28H30N8O2. The third-order valence-corrected chi connectivity index (χ3v) is 6.66. The van der Waals surface area contributed by atoms with Crippen molar-refractivity contribution in [1.29, 1.82) is 0 Å². The lowest BCUT2D eigenvalue weighted by Gasteiger charge is -2.35. The van der Waals surface area contributed by atoms with E-state index < -0.39 is 5.91 Å². The van der Waals surface area contributed by atoms with Crippen LogP contribution in [0.4, 0.5) is 16.3 Å². The number of amides is 3. The van der Waals surface area contributed by atoms with Crippen LogP contribution in [0.5, 0.6) is 0 Å². The second-order valence-corrected chi connectivity index (χ2v) is 10.3. The van der Waals surface area contributed by atoms with Gasteiger partial charge in [0.05, 0.1) is 11.9 Å². The smallest absolute Gasteiger partial charge is 0.321 e. The van der Waals surface area contributed by atoms with Crippen LogP contribution in [0.1, 0.15) is 36.7 Å². The Morgan fingerprint density at radius 1 is 0.921 bits per heavy atom. The summed E-state index contributed by atoms with van der Waals surface area (Å²) in [5.74, 6) is 0.102. The first kappa shape index (κ1) is 25.1. The lowest BCUT2D eigenvalue weighted by molar-refractivity contribution is 0.100. The second-order valence-electron chi connectivity index (χ2n) is 10.3. The van der Waals surface area contributed by atoms with Gasteiger partial charge in [0.15, 0.2) is 17.0 Å². The number of hydrogen-bond donors (Lipinski definition) is 2. The topological polar surface area (TPSA) is 130 Å². The first-order valence-electron chi connectivity index (χ1n) is 12.5. The maximum absolute atomic E-state index is 12.9. The molecular weight excluding hydrogens is 480 g/mol. The number of carbonyl (C=O) groups excluding carboxylic acids is 2. The number of carbonyl (C=O) groups is 2. The van der Waals surface area contributed by atoms with Crippen LogP contribution in [-0.2, 0) is 5.41 Å². The van der Waals surface area contributed by atoms with Gasteiger partial charge in [0.25, 0.3) is 0 Å². The van der Waals surface area contributed by atoms with E-state index >= 15 is 0 Å². The third-order valence-electron chi connectivity index (χ3n) is 6.66. The molecule has 194 valence electrons. The minimum Gasteiger partial charge on any atom is -0.366 e. The molecule has 10 heteroatoms. The molecule has 0 saturated carbocycles. The number of fused-ring (bicyclic) bond motifs is 1. The Morgan fingerprint density at radius 3 is 2.32 bits per heavy atom. The number of primary amides is 1. The second kappa shape index (κ2) is 10.0. The minimum atomic E-state index is -0.536. The number of nitrogens with two attached hydrogens (primary N) is 1. The molecule has 10 nitrogen and oxygen atoms in total. The van der Waals surface area contributed by atoms with Crippen molar-refractivity contribution in [3.63, 3.8) is 0 Å². The van der Waals surface area contributed by atoms with Crippen molar-refractivity contribution in [2.75, 3.05) is 36.4 Å². The van der Waals surface area contributed by atoms with Crippen LogP contribution in [0.3, 0.4) is 0 Å². The predicted octanol–water partition coefficient (Wildman–Crippen LogP) is 3.84. The molecule has 5 rings (SSSR count). The van der Waals surface area contributed by atoms with Crippen LogP contribution in [0.2, 0.25) is 0 Å². The average Bonchev–Trinajstić information content (AvgIpc) is 2.92. The van der Waals surface area contributed by atoms with Crippen LogP contribution in [0.25, 0.3) is 22.4 Å². The lowest BCUT2D eigenvalue weighted by Crippen LogP contribution is -2.50. The van der Waals surface area contributed by atoms with Gasteiger partial charge in [0.2, 0.25) is 5.91 Å². The van der Waals surface area contributed by atoms with Crippen molar-refractivity contribution in [1.82, 2.24) is 24.8 Å². The highest BCUT2D eigenvalue weighted by Crippen LogP contribution is 2.27. The normalized spacial score (nSPS) is 14.0. The number of piperazine rings is 1. The van der Waals surface area contributed by atoms with E-state index in [-0.39, 0.29) is 11.4 Å². The van der Waals surface area contributed by atoms with Crippen LogP contribution in [0.15, 0.2) is 61.1 Å². The summed E-state index contributed by atoms with van der Waals surface area (Å²) in [7, 11) is 0. The van der Waals surface area contributed by atoms with E-state index in [0.717, 1.165) is 5.69 Å². The molecule has 0 aliphatic carbocycles. The van der Waals surface area contributed by atoms with Gasteiger partial charge >= 0.3 is 6.03 Å². The quantitative estimate of drug-likeness (QED) is 0.427. The Morgan fingerprint density at radius 2 is 1.63 bits per heavy atom. The van der Waals surface area contributed by atoms with Crippen molar-refractivity contribution in [2.45, 2.75) is 26.2 Å². The Bertz CT molecular complexity index is 1490. The van der Waals surface area contributed by atoms with Crippen LogP contribution in [-0.4, -0.2) is 63.0 Å². The number of hydrogen-bond acceptors (Lipinski definition) is 7. The molecule has 1 aliphatic heterocycles. The van der Waals surface area contributed by atoms with E-state index in [1.807, 2.05) is 30.3 Å². The SMILES string of the molecule is CC(C)(C)c1ccc(NC(=O)N2CCN(c3ncnc4ncc(-c5ccccc5C(N)=O)nc34)CC2)cc1. The molecule has 0 spiro atoms. The monoisotopic (exact) mass is 510 g/mol. The van der Waals surface area contributed by atoms with Gasteiger partial charge in [-0.25, -0.2) is 24.7 Å². The largest absolute Gasteiger partial charge is 0.366 e. The highest BCUT2D eigenvalue weighted by Gasteiger charge is 2.25. The summed E-state index contributed by atoms with van der Waals surface area (Å²) in [5.41, 5.74) is 10.1. The molecule has 38 heavy (non-hydrogen) atoms. The zero-order chi connectivity index (χ0) is 26.9. The van der Waals surface area contributed by atoms with Gasteiger partial charge in [-0.2, -0.15) is 0 Å². The predicted molar refractivity (Wildman–Crippen MR) is 147 cm³/mol. The van der Waals surface area contributed by atoms with Gasteiger partial charge in [0, 0.05) is 43.0 Å². The van der Waals surface area contributed by atoms with E-state index in [1.54, 1.807) is 29.3 Å². The summed E-state index contributed by atoms with van der Waals surface area (Å²) in [6.45, 7) is 8.68. The van der Waals surface area contributed by atoms with Crippen LogP contribution in [0, 0.1) is 0 Å². The number of aromatic nitrogens is 4. The molecule has 0 unspecified atom stereocenters. The number of anilines is 2. The third kappa shape index (κ3) is 5.10. The van der Waals surface area contributed by atoms with Gasteiger partial charge in [-0.05, 0) is 29.2 Å². The molecule has 1 fully saturated rings. The minimum absolute atomic E-state index is 0.0560. The van der Waals surface area contributed by atoms with Crippen molar-refractivity contribution in [3.05, 3.63) is 72.2 Å². The van der Waals surface area contributed by atoms with E-state index in [9.17, 15) is 9.59 Å². The highest BCUT2D eigenvalue weighted by atomic mass is 16.2. The molecule has 0 bridgehead atoms. The van der Waals surface area contributed by atoms with Crippen molar-refractivity contribution in [2.24, 2.45) is 5.73 Å². The molecule has 4 aromatic rings. The van der Waals surface area contributed by atoms with Crippen molar-refractivity contribution < 1.29 is 9.59 Å². The van der Waals surface area contributed by atoms with Gasteiger partial charge in [-0.3, -0.25) is 4.79 Å². The Balaban J connectivity index is 1.31. The lowest BCUT2D eigenvalue weighted by atomic mass is 9.87.